The molecule has 6 nitrogen and oxygen atoms in total. The van der Waals surface area contributed by atoms with Gasteiger partial charge in [-0.2, -0.15) is 0 Å². The van der Waals surface area contributed by atoms with Crippen LogP contribution in [0.1, 0.15) is 44.6 Å². The van der Waals surface area contributed by atoms with Gasteiger partial charge in [-0.25, -0.2) is 4.39 Å². The summed E-state index contributed by atoms with van der Waals surface area (Å²) in [6.45, 7) is 2.96. The fraction of sp³-hybridized carbons (Fsp3) is 0.571. The molecule has 2 aliphatic heterocycles. The van der Waals surface area contributed by atoms with Crippen molar-refractivity contribution in [2.24, 2.45) is 5.41 Å². The average molecular weight is 390 g/mol. The van der Waals surface area contributed by atoms with Crippen molar-refractivity contribution in [2.75, 3.05) is 19.7 Å². The molecule has 2 amide bonds. The molecule has 0 aliphatic carbocycles. The normalized spacial score (nSPS) is 21.3. The molecule has 2 aliphatic rings. The first kappa shape index (κ1) is 20.3. The smallest absolute Gasteiger partial charge is 0.312 e. The Morgan fingerprint density at radius 3 is 2.68 bits per heavy atom. The molecule has 2 heterocycles. The molecular weight excluding hydrogens is 363 g/mol. The molecule has 0 bridgehead atoms. The van der Waals surface area contributed by atoms with E-state index in [1.54, 1.807) is 17.9 Å². The number of hydrogen-bond donors (Lipinski definition) is 1. The van der Waals surface area contributed by atoms with Gasteiger partial charge in [0.25, 0.3) is 0 Å². The number of rotatable bonds is 6. The number of likely N-dealkylation sites (tertiary alicyclic amines) is 1. The molecule has 1 aromatic rings. The Balaban J connectivity index is 1.65. The lowest BCUT2D eigenvalue weighted by Gasteiger charge is -2.40. The molecule has 7 heteroatoms. The summed E-state index contributed by atoms with van der Waals surface area (Å²) >= 11 is 0. The number of esters is 1. The number of amides is 2. The summed E-state index contributed by atoms with van der Waals surface area (Å²) in [6, 6.07) is 6.18. The standard InChI is InChI=1S/C21H27FN2O4/c1-2-28-20(27)21(14-15-4-3-5-16(22)12-15)8-10-24(11-9-21)19(26)13-17-6-7-18(25)23-17/h3-5,12,17H,2,6-11,13-14H2,1H3,(H,23,25)/t17-/m1/s1. The lowest BCUT2D eigenvalue weighted by molar-refractivity contribution is -0.160. The van der Waals surface area contributed by atoms with Crippen LogP contribution in [0.15, 0.2) is 24.3 Å². The van der Waals surface area contributed by atoms with Crippen LogP contribution >= 0.6 is 0 Å². The van der Waals surface area contributed by atoms with Gasteiger partial charge >= 0.3 is 5.97 Å². The van der Waals surface area contributed by atoms with Crippen LogP contribution in [0.2, 0.25) is 0 Å². The number of hydrogen-bond acceptors (Lipinski definition) is 4. The molecule has 1 atom stereocenters. The monoisotopic (exact) mass is 390 g/mol. The van der Waals surface area contributed by atoms with Crippen molar-refractivity contribution in [1.29, 1.82) is 0 Å². The third-order valence-electron chi connectivity index (χ3n) is 5.72. The van der Waals surface area contributed by atoms with Crippen LogP contribution in [0.25, 0.3) is 0 Å². The van der Waals surface area contributed by atoms with E-state index in [0.29, 0.717) is 51.6 Å². The number of carbonyl (C=O) groups excluding carboxylic acids is 3. The summed E-state index contributed by atoms with van der Waals surface area (Å²) < 4.78 is 18.9. The summed E-state index contributed by atoms with van der Waals surface area (Å²) in [6.07, 6.45) is 2.80. The van der Waals surface area contributed by atoms with E-state index in [1.807, 2.05) is 6.07 Å². The molecule has 0 saturated carbocycles. The average Bonchev–Trinajstić information content (AvgIpc) is 3.07. The van der Waals surface area contributed by atoms with Crippen LogP contribution < -0.4 is 5.32 Å². The second-order valence-corrected chi connectivity index (χ2v) is 7.70. The topological polar surface area (TPSA) is 75.7 Å². The SMILES string of the molecule is CCOC(=O)C1(Cc2cccc(F)c2)CCN(C(=O)C[C@H]2CCC(=O)N2)CC1. The van der Waals surface area contributed by atoms with Crippen LogP contribution in [0.4, 0.5) is 4.39 Å². The highest BCUT2D eigenvalue weighted by Crippen LogP contribution is 2.37. The molecule has 1 aromatic carbocycles. The number of nitrogens with zero attached hydrogens (tertiary/aromatic N) is 1. The summed E-state index contributed by atoms with van der Waals surface area (Å²) in [5.41, 5.74) is 0.00353. The van der Waals surface area contributed by atoms with E-state index in [2.05, 4.69) is 5.32 Å². The first-order valence-electron chi connectivity index (χ1n) is 9.91. The molecule has 1 N–H and O–H groups in total. The van der Waals surface area contributed by atoms with Gasteiger partial charge in [-0.3, -0.25) is 14.4 Å². The lowest BCUT2D eigenvalue weighted by atomic mass is 9.73. The molecule has 0 unspecified atom stereocenters. The van der Waals surface area contributed by atoms with Crippen molar-refractivity contribution in [3.63, 3.8) is 0 Å². The zero-order valence-corrected chi connectivity index (χ0v) is 16.2. The zero-order chi connectivity index (χ0) is 20.1. The van der Waals surface area contributed by atoms with E-state index in [0.717, 1.165) is 5.56 Å². The van der Waals surface area contributed by atoms with Crippen molar-refractivity contribution in [2.45, 2.75) is 51.5 Å². The highest BCUT2D eigenvalue weighted by Gasteiger charge is 2.43. The quantitative estimate of drug-likeness (QED) is 0.756. The Labute approximate surface area is 164 Å². The molecule has 152 valence electrons. The van der Waals surface area contributed by atoms with E-state index in [-0.39, 0.29) is 36.2 Å². The molecule has 0 radical (unpaired) electrons. The van der Waals surface area contributed by atoms with E-state index < -0.39 is 5.41 Å². The maximum atomic E-state index is 13.6. The highest BCUT2D eigenvalue weighted by molar-refractivity contribution is 5.82. The summed E-state index contributed by atoms with van der Waals surface area (Å²) in [5.74, 6) is -0.625. The minimum atomic E-state index is -0.748. The van der Waals surface area contributed by atoms with Crippen LogP contribution in [-0.2, 0) is 25.5 Å². The number of ether oxygens (including phenoxy) is 1. The molecule has 2 fully saturated rings. The van der Waals surface area contributed by atoms with Crippen LogP contribution in [0.3, 0.4) is 0 Å². The Kier molecular flexibility index (Phi) is 6.31. The minimum Gasteiger partial charge on any atom is -0.466 e. The van der Waals surface area contributed by atoms with Crippen LogP contribution in [0.5, 0.6) is 0 Å². The van der Waals surface area contributed by atoms with Gasteiger partial charge in [0.1, 0.15) is 5.82 Å². The maximum Gasteiger partial charge on any atom is 0.312 e. The van der Waals surface area contributed by atoms with Crippen molar-refractivity contribution < 1.29 is 23.5 Å². The van der Waals surface area contributed by atoms with Gasteiger partial charge in [-0.15, -0.1) is 0 Å². The molecule has 28 heavy (non-hydrogen) atoms. The number of benzene rings is 1. The van der Waals surface area contributed by atoms with Gasteiger partial charge in [-0.05, 0) is 50.3 Å². The van der Waals surface area contributed by atoms with Gasteiger partial charge in [0.2, 0.25) is 11.8 Å². The molecule has 0 aromatic heterocycles. The molecular formula is C21H27FN2O4. The first-order valence-corrected chi connectivity index (χ1v) is 9.91. The van der Waals surface area contributed by atoms with Gasteiger partial charge < -0.3 is 15.0 Å². The van der Waals surface area contributed by atoms with Crippen LogP contribution in [0, 0.1) is 11.2 Å². The van der Waals surface area contributed by atoms with E-state index in [9.17, 15) is 18.8 Å². The summed E-state index contributed by atoms with van der Waals surface area (Å²) in [5, 5.41) is 2.82. The highest BCUT2D eigenvalue weighted by atomic mass is 19.1. The number of nitrogens with one attached hydrogen (secondary N) is 1. The van der Waals surface area contributed by atoms with Crippen molar-refractivity contribution in [1.82, 2.24) is 10.2 Å². The third-order valence-corrected chi connectivity index (χ3v) is 5.72. The largest absolute Gasteiger partial charge is 0.466 e. The third kappa shape index (κ3) is 4.69. The maximum absolute atomic E-state index is 13.6. The Morgan fingerprint density at radius 2 is 2.07 bits per heavy atom. The first-order chi connectivity index (χ1) is 13.4. The van der Waals surface area contributed by atoms with Gasteiger partial charge in [0, 0.05) is 32.0 Å². The fourth-order valence-corrected chi connectivity index (χ4v) is 4.13. The van der Waals surface area contributed by atoms with E-state index in [1.165, 1.54) is 12.1 Å². The minimum absolute atomic E-state index is 0.00425. The summed E-state index contributed by atoms with van der Waals surface area (Å²) in [4.78, 5) is 38.4. The van der Waals surface area contributed by atoms with Gasteiger partial charge in [0.15, 0.2) is 0 Å². The van der Waals surface area contributed by atoms with E-state index in [4.69, 9.17) is 4.74 Å². The van der Waals surface area contributed by atoms with Crippen LogP contribution in [-0.4, -0.2) is 48.4 Å². The van der Waals surface area contributed by atoms with Gasteiger partial charge in [0.05, 0.1) is 12.0 Å². The fourth-order valence-electron chi connectivity index (χ4n) is 4.13. The van der Waals surface area contributed by atoms with Gasteiger partial charge in [-0.1, -0.05) is 12.1 Å². The molecule has 3 rings (SSSR count). The Bertz CT molecular complexity index is 744. The second kappa shape index (κ2) is 8.71. The number of piperidine rings is 1. The number of carbonyl (C=O) groups is 3. The predicted octanol–water partition coefficient (Wildman–Crippen LogP) is 2.21. The Morgan fingerprint density at radius 1 is 1.32 bits per heavy atom. The van der Waals surface area contributed by atoms with Crippen molar-refractivity contribution in [3.8, 4) is 0 Å². The van der Waals surface area contributed by atoms with Crippen molar-refractivity contribution in [3.05, 3.63) is 35.6 Å². The summed E-state index contributed by atoms with van der Waals surface area (Å²) in [7, 11) is 0. The second-order valence-electron chi connectivity index (χ2n) is 7.70. The van der Waals surface area contributed by atoms with E-state index >= 15 is 0 Å². The molecule has 2 saturated heterocycles. The molecule has 0 spiro atoms. The lowest BCUT2D eigenvalue weighted by Crippen LogP contribution is -2.49. The zero-order valence-electron chi connectivity index (χ0n) is 16.2. The van der Waals surface area contributed by atoms with Crippen molar-refractivity contribution >= 4 is 17.8 Å². The number of halogens is 1. The predicted molar refractivity (Wildman–Crippen MR) is 101 cm³/mol. The Hall–Kier alpha value is -2.44.